The van der Waals surface area contributed by atoms with Gasteiger partial charge in [-0.2, -0.15) is 18.3 Å². The number of hydrogen-bond donors (Lipinski definition) is 2. The number of para-hydroxylation sites is 2. The molecule has 12 heteroatoms. The van der Waals surface area contributed by atoms with Crippen LogP contribution in [0.1, 0.15) is 40.9 Å². The van der Waals surface area contributed by atoms with Crippen molar-refractivity contribution in [1.82, 2.24) is 25.1 Å². The van der Waals surface area contributed by atoms with Crippen molar-refractivity contribution in [3.05, 3.63) is 101 Å². The predicted octanol–water partition coefficient (Wildman–Crippen LogP) is 6.65. The molecule has 2 aromatic heterocycles. The number of carbonyl (C=O) groups is 2. The number of halogens is 4. The zero-order chi connectivity index (χ0) is 30.0. The first-order chi connectivity index (χ1) is 20.0. The van der Waals surface area contributed by atoms with E-state index in [0.717, 1.165) is 17.7 Å². The van der Waals surface area contributed by atoms with Crippen LogP contribution in [0, 0.1) is 0 Å². The minimum Gasteiger partial charge on any atom is -0.481 e. The summed E-state index contributed by atoms with van der Waals surface area (Å²) in [5.74, 6) is -1.43. The third-order valence-corrected chi connectivity index (χ3v) is 6.99. The van der Waals surface area contributed by atoms with Crippen molar-refractivity contribution < 1.29 is 27.9 Å². The number of nitrogens with one attached hydrogen (secondary N) is 1. The van der Waals surface area contributed by atoms with Crippen LogP contribution in [0.25, 0.3) is 33.7 Å². The molecule has 0 bridgehead atoms. The predicted molar refractivity (Wildman–Crippen MR) is 151 cm³/mol. The van der Waals surface area contributed by atoms with Gasteiger partial charge in [-0.05, 0) is 61.0 Å². The van der Waals surface area contributed by atoms with E-state index < -0.39 is 29.7 Å². The monoisotopic (exact) mass is 593 g/mol. The summed E-state index contributed by atoms with van der Waals surface area (Å²) in [4.78, 5) is 32.3. The standard InChI is InChI=1S/C30H23ClF3N5O3/c1-17(18-6-8-19(9-7-18)29(42)35-13-12-28(40)41)39-27(26-16-36-23-4-2-3-5-24(23)37-26)15-25(38-39)21-14-20(30(32,33)34)10-11-22(21)31/h2-11,14-17H,12-13H2,1H3,(H,35,42)(H,40,41). The highest BCUT2D eigenvalue weighted by Gasteiger charge is 2.31. The van der Waals surface area contributed by atoms with Gasteiger partial charge in [-0.15, -0.1) is 0 Å². The first-order valence-corrected chi connectivity index (χ1v) is 13.2. The molecule has 0 aliphatic heterocycles. The van der Waals surface area contributed by atoms with E-state index in [0.29, 0.717) is 28.0 Å². The SMILES string of the molecule is CC(c1ccc(C(=O)NCCC(=O)O)cc1)n1nc(-c2cc(C(F)(F)F)ccc2Cl)cc1-c1cnc2ccccc2n1. The van der Waals surface area contributed by atoms with Gasteiger partial charge >= 0.3 is 12.1 Å². The maximum Gasteiger partial charge on any atom is 0.416 e. The minimum atomic E-state index is -4.57. The molecule has 3 aromatic carbocycles. The van der Waals surface area contributed by atoms with Gasteiger partial charge in [-0.1, -0.05) is 35.9 Å². The third-order valence-electron chi connectivity index (χ3n) is 6.66. The molecular formula is C30H23ClF3N5O3. The Kier molecular flexibility index (Phi) is 7.95. The summed E-state index contributed by atoms with van der Waals surface area (Å²) in [6.07, 6.45) is -3.19. The van der Waals surface area contributed by atoms with E-state index in [2.05, 4.69) is 15.4 Å². The number of carbonyl (C=O) groups excluding carboxylic acids is 1. The number of aliphatic carboxylic acids is 1. The van der Waals surface area contributed by atoms with Crippen molar-refractivity contribution in [1.29, 1.82) is 0 Å². The Morgan fingerprint density at radius 1 is 1.00 bits per heavy atom. The van der Waals surface area contributed by atoms with Gasteiger partial charge in [0.1, 0.15) is 5.69 Å². The van der Waals surface area contributed by atoms with Crippen LogP contribution in [0.2, 0.25) is 5.02 Å². The van der Waals surface area contributed by atoms with E-state index >= 15 is 0 Å². The summed E-state index contributed by atoms with van der Waals surface area (Å²) in [7, 11) is 0. The number of carboxylic acid groups (broad SMARTS) is 1. The first-order valence-electron chi connectivity index (χ1n) is 12.8. The number of alkyl halides is 3. The van der Waals surface area contributed by atoms with Crippen LogP contribution >= 0.6 is 11.6 Å². The van der Waals surface area contributed by atoms with Crippen LogP contribution in [0.5, 0.6) is 0 Å². The van der Waals surface area contributed by atoms with Crippen LogP contribution in [0.15, 0.2) is 79.0 Å². The first kappa shape index (κ1) is 28.7. The Labute approximate surface area is 242 Å². The molecule has 1 unspecified atom stereocenters. The van der Waals surface area contributed by atoms with Crippen LogP contribution in [-0.4, -0.2) is 43.3 Å². The maximum atomic E-state index is 13.5. The molecular weight excluding hydrogens is 571 g/mol. The zero-order valence-corrected chi connectivity index (χ0v) is 22.8. The average Bonchev–Trinajstić information content (AvgIpc) is 3.41. The fraction of sp³-hybridized carbons (Fsp3) is 0.167. The van der Waals surface area contributed by atoms with Gasteiger partial charge in [0, 0.05) is 17.7 Å². The zero-order valence-electron chi connectivity index (χ0n) is 22.1. The Morgan fingerprint density at radius 3 is 2.40 bits per heavy atom. The Hall–Kier alpha value is -4.77. The second kappa shape index (κ2) is 11.6. The number of carboxylic acids is 1. The molecule has 0 saturated carbocycles. The quantitative estimate of drug-likeness (QED) is 0.209. The number of nitrogens with zero attached hydrogens (tertiary/aromatic N) is 4. The van der Waals surface area contributed by atoms with E-state index in [-0.39, 0.29) is 29.2 Å². The molecule has 0 radical (unpaired) electrons. The number of rotatable bonds is 8. The van der Waals surface area contributed by atoms with E-state index in [9.17, 15) is 22.8 Å². The highest BCUT2D eigenvalue weighted by atomic mass is 35.5. The minimum absolute atomic E-state index is 0.00334. The molecule has 1 amide bonds. The van der Waals surface area contributed by atoms with Gasteiger partial charge in [0.05, 0.1) is 51.7 Å². The van der Waals surface area contributed by atoms with E-state index in [1.54, 1.807) is 47.3 Å². The number of benzene rings is 3. The van der Waals surface area contributed by atoms with Crippen LogP contribution in [-0.2, 0) is 11.0 Å². The van der Waals surface area contributed by atoms with Gasteiger partial charge in [-0.3, -0.25) is 19.3 Å². The van der Waals surface area contributed by atoms with Crippen molar-refractivity contribution in [2.45, 2.75) is 25.6 Å². The highest BCUT2D eigenvalue weighted by molar-refractivity contribution is 6.33. The molecule has 42 heavy (non-hydrogen) atoms. The lowest BCUT2D eigenvalue weighted by Gasteiger charge is -2.17. The van der Waals surface area contributed by atoms with Gasteiger partial charge in [-0.25, -0.2) is 4.98 Å². The van der Waals surface area contributed by atoms with Crippen molar-refractivity contribution in [3.63, 3.8) is 0 Å². The number of fused-ring (bicyclic) bond motifs is 1. The molecule has 8 nitrogen and oxygen atoms in total. The molecule has 0 aliphatic rings. The van der Waals surface area contributed by atoms with E-state index in [1.807, 2.05) is 25.1 Å². The Morgan fingerprint density at radius 2 is 1.71 bits per heavy atom. The van der Waals surface area contributed by atoms with Crippen molar-refractivity contribution >= 4 is 34.5 Å². The summed E-state index contributed by atoms with van der Waals surface area (Å²) in [6.45, 7) is 1.85. The van der Waals surface area contributed by atoms with E-state index in [4.69, 9.17) is 21.7 Å². The number of hydrogen-bond acceptors (Lipinski definition) is 5. The Balaban J connectivity index is 1.55. The lowest BCUT2D eigenvalue weighted by molar-refractivity contribution is -0.138. The fourth-order valence-corrected chi connectivity index (χ4v) is 4.64. The van der Waals surface area contributed by atoms with E-state index in [1.165, 1.54) is 6.07 Å². The Bertz CT molecular complexity index is 1790. The number of amides is 1. The summed E-state index contributed by atoms with van der Waals surface area (Å²) in [5.41, 5.74) is 2.83. The molecule has 0 saturated heterocycles. The molecule has 214 valence electrons. The van der Waals surface area contributed by atoms with Crippen molar-refractivity contribution in [2.24, 2.45) is 0 Å². The van der Waals surface area contributed by atoms with Gasteiger partial charge in [0.2, 0.25) is 0 Å². The second-order valence-corrected chi connectivity index (χ2v) is 9.90. The molecule has 5 aromatic rings. The maximum absolute atomic E-state index is 13.5. The van der Waals surface area contributed by atoms with Gasteiger partial charge in [0.15, 0.2) is 0 Å². The average molecular weight is 594 g/mol. The fourth-order valence-electron chi connectivity index (χ4n) is 4.43. The number of aromatic nitrogens is 4. The largest absolute Gasteiger partial charge is 0.481 e. The smallest absolute Gasteiger partial charge is 0.416 e. The van der Waals surface area contributed by atoms with Gasteiger partial charge < -0.3 is 10.4 Å². The molecule has 1 atom stereocenters. The highest BCUT2D eigenvalue weighted by Crippen LogP contribution is 2.37. The summed E-state index contributed by atoms with van der Waals surface area (Å²) in [6, 6.07) is 18.2. The lowest BCUT2D eigenvalue weighted by Crippen LogP contribution is -2.26. The summed E-state index contributed by atoms with van der Waals surface area (Å²) in [5, 5.41) is 16.1. The second-order valence-electron chi connectivity index (χ2n) is 9.49. The topological polar surface area (TPSA) is 110 Å². The molecule has 0 spiro atoms. The van der Waals surface area contributed by atoms with Crippen LogP contribution in [0.4, 0.5) is 13.2 Å². The summed E-state index contributed by atoms with van der Waals surface area (Å²) >= 11 is 6.35. The van der Waals surface area contributed by atoms with Crippen molar-refractivity contribution in [3.8, 4) is 22.6 Å². The van der Waals surface area contributed by atoms with Crippen LogP contribution in [0.3, 0.4) is 0 Å². The molecule has 0 aliphatic carbocycles. The lowest BCUT2D eigenvalue weighted by atomic mass is 10.1. The molecule has 2 N–H and O–H groups in total. The molecule has 2 heterocycles. The molecule has 0 fully saturated rings. The molecule has 5 rings (SSSR count). The van der Waals surface area contributed by atoms with Crippen molar-refractivity contribution in [2.75, 3.05) is 6.54 Å². The van der Waals surface area contributed by atoms with Crippen LogP contribution < -0.4 is 5.32 Å². The third kappa shape index (κ3) is 6.10. The van der Waals surface area contributed by atoms with Gasteiger partial charge in [0.25, 0.3) is 5.91 Å². The normalized spacial score (nSPS) is 12.3. The summed E-state index contributed by atoms with van der Waals surface area (Å²) < 4.78 is 42.2.